The highest BCUT2D eigenvalue weighted by Gasteiger charge is 2.15. The van der Waals surface area contributed by atoms with Gasteiger partial charge in [0.1, 0.15) is 0 Å². The average Bonchev–Trinajstić information content (AvgIpc) is 2.25. The zero-order valence-corrected chi connectivity index (χ0v) is 14.1. The predicted octanol–water partition coefficient (Wildman–Crippen LogP) is 3.78. The standard InChI is InChI=1S/C14H20N2OS.BrH/c1-14(2,3)16-13(17)9-12(15)18-10-11-7-5-4-6-8-11;/h4-8,15H,9-10H2,1-3H3,(H,16,17);1H. The molecule has 0 aliphatic carbocycles. The topological polar surface area (TPSA) is 53.0 Å². The summed E-state index contributed by atoms with van der Waals surface area (Å²) >= 11 is 1.41. The number of benzene rings is 1. The van der Waals surface area contributed by atoms with Gasteiger partial charge in [-0.2, -0.15) is 0 Å². The molecular weight excluding hydrogens is 324 g/mol. The minimum Gasteiger partial charge on any atom is -0.351 e. The van der Waals surface area contributed by atoms with Crippen LogP contribution in [0.1, 0.15) is 32.8 Å². The van der Waals surface area contributed by atoms with Crippen molar-refractivity contribution in [3.8, 4) is 0 Å². The van der Waals surface area contributed by atoms with Crippen molar-refractivity contribution in [2.24, 2.45) is 0 Å². The maximum absolute atomic E-state index is 11.6. The molecule has 0 radical (unpaired) electrons. The Morgan fingerprint density at radius 1 is 1.26 bits per heavy atom. The molecule has 106 valence electrons. The number of thioether (sulfide) groups is 1. The Morgan fingerprint density at radius 2 is 1.84 bits per heavy atom. The smallest absolute Gasteiger partial charge is 0.226 e. The minimum absolute atomic E-state index is 0. The molecule has 2 N–H and O–H groups in total. The van der Waals surface area contributed by atoms with E-state index in [2.05, 4.69) is 5.32 Å². The van der Waals surface area contributed by atoms with E-state index in [1.807, 2.05) is 51.1 Å². The van der Waals surface area contributed by atoms with Gasteiger partial charge in [0.15, 0.2) is 0 Å². The maximum Gasteiger partial charge on any atom is 0.226 e. The molecule has 5 heteroatoms. The molecule has 0 heterocycles. The Bertz CT molecular complexity index is 415. The average molecular weight is 345 g/mol. The highest BCUT2D eigenvalue weighted by atomic mass is 79.9. The highest BCUT2D eigenvalue weighted by molar-refractivity contribution is 8.93. The van der Waals surface area contributed by atoms with Crippen LogP contribution in [0, 0.1) is 5.41 Å². The van der Waals surface area contributed by atoms with Crippen LogP contribution < -0.4 is 5.32 Å². The lowest BCUT2D eigenvalue weighted by atomic mass is 10.1. The van der Waals surface area contributed by atoms with E-state index in [-0.39, 0.29) is 34.8 Å². The molecule has 0 spiro atoms. The lowest BCUT2D eigenvalue weighted by Crippen LogP contribution is -2.41. The number of amides is 1. The number of carbonyl (C=O) groups is 1. The Kier molecular flexibility index (Phi) is 8.02. The van der Waals surface area contributed by atoms with Crippen LogP contribution in [-0.2, 0) is 10.5 Å². The van der Waals surface area contributed by atoms with Crippen molar-refractivity contribution >= 4 is 39.7 Å². The third-order valence-electron chi connectivity index (χ3n) is 2.09. The van der Waals surface area contributed by atoms with Gasteiger partial charge in [0.05, 0.1) is 11.5 Å². The van der Waals surface area contributed by atoms with Gasteiger partial charge in [-0.3, -0.25) is 10.2 Å². The summed E-state index contributed by atoms with van der Waals surface area (Å²) in [6, 6.07) is 9.97. The second kappa shape index (κ2) is 8.38. The molecule has 1 rings (SSSR count). The van der Waals surface area contributed by atoms with Crippen molar-refractivity contribution in [3.63, 3.8) is 0 Å². The Labute approximate surface area is 129 Å². The van der Waals surface area contributed by atoms with E-state index in [0.29, 0.717) is 5.04 Å². The quantitative estimate of drug-likeness (QED) is 0.645. The zero-order valence-electron chi connectivity index (χ0n) is 11.5. The maximum atomic E-state index is 11.6. The fourth-order valence-corrected chi connectivity index (χ4v) is 2.17. The van der Waals surface area contributed by atoms with Crippen LogP contribution in [0.25, 0.3) is 0 Å². The number of hydrogen-bond donors (Lipinski definition) is 2. The van der Waals surface area contributed by atoms with Crippen molar-refractivity contribution in [2.75, 3.05) is 0 Å². The molecule has 0 aromatic heterocycles. The van der Waals surface area contributed by atoms with Gasteiger partial charge in [0.2, 0.25) is 5.91 Å². The Morgan fingerprint density at radius 3 is 2.37 bits per heavy atom. The molecule has 0 saturated carbocycles. The second-order valence-electron chi connectivity index (χ2n) is 5.17. The third kappa shape index (κ3) is 8.83. The second-order valence-corrected chi connectivity index (χ2v) is 6.24. The number of halogens is 1. The summed E-state index contributed by atoms with van der Waals surface area (Å²) in [5.74, 6) is 0.649. The largest absolute Gasteiger partial charge is 0.351 e. The first-order valence-corrected chi connectivity index (χ1v) is 6.90. The van der Waals surface area contributed by atoms with Crippen LogP contribution in [-0.4, -0.2) is 16.5 Å². The van der Waals surface area contributed by atoms with Crippen molar-refractivity contribution in [2.45, 2.75) is 38.5 Å². The normalized spacial score (nSPS) is 10.5. The first kappa shape index (κ1) is 18.2. The molecule has 0 aliphatic rings. The van der Waals surface area contributed by atoms with Crippen LogP contribution in [0.2, 0.25) is 0 Å². The molecule has 0 atom stereocenters. The monoisotopic (exact) mass is 344 g/mol. The summed E-state index contributed by atoms with van der Waals surface area (Å²) in [5, 5.41) is 11.0. The molecular formula is C14H21BrN2OS. The lowest BCUT2D eigenvalue weighted by molar-refractivity contribution is -0.121. The highest BCUT2D eigenvalue weighted by Crippen LogP contribution is 2.14. The van der Waals surface area contributed by atoms with Crippen LogP contribution in [0.3, 0.4) is 0 Å². The van der Waals surface area contributed by atoms with Gasteiger partial charge in [-0.1, -0.05) is 30.3 Å². The summed E-state index contributed by atoms with van der Waals surface area (Å²) in [5.41, 5.74) is 0.935. The van der Waals surface area contributed by atoms with Gasteiger partial charge in [0, 0.05) is 11.3 Å². The number of rotatable bonds is 4. The molecule has 0 fully saturated rings. The Hall–Kier alpha value is -0.810. The van der Waals surface area contributed by atoms with Gasteiger partial charge in [-0.25, -0.2) is 0 Å². The molecule has 0 unspecified atom stereocenters. The van der Waals surface area contributed by atoms with Crippen LogP contribution >= 0.6 is 28.7 Å². The fourth-order valence-electron chi connectivity index (χ4n) is 1.40. The molecule has 0 saturated heterocycles. The number of hydrogen-bond acceptors (Lipinski definition) is 3. The molecule has 19 heavy (non-hydrogen) atoms. The molecule has 0 bridgehead atoms. The number of nitrogens with one attached hydrogen (secondary N) is 2. The SMILES string of the molecule is Br.CC(C)(C)NC(=O)CC(=N)SCc1ccccc1. The van der Waals surface area contributed by atoms with Gasteiger partial charge in [0.25, 0.3) is 0 Å². The zero-order chi connectivity index (χ0) is 13.6. The van der Waals surface area contributed by atoms with Crippen LogP contribution in [0.4, 0.5) is 0 Å². The van der Waals surface area contributed by atoms with Gasteiger partial charge < -0.3 is 5.32 Å². The molecule has 1 amide bonds. The van der Waals surface area contributed by atoms with E-state index < -0.39 is 0 Å². The lowest BCUT2D eigenvalue weighted by Gasteiger charge is -2.20. The molecule has 3 nitrogen and oxygen atoms in total. The first-order valence-electron chi connectivity index (χ1n) is 5.92. The van der Waals surface area contributed by atoms with E-state index in [1.54, 1.807) is 0 Å². The molecule has 1 aromatic rings. The minimum atomic E-state index is -0.235. The van der Waals surface area contributed by atoms with Gasteiger partial charge >= 0.3 is 0 Å². The molecule has 1 aromatic carbocycles. The van der Waals surface area contributed by atoms with E-state index in [0.717, 1.165) is 5.75 Å². The van der Waals surface area contributed by atoms with Crippen LogP contribution in [0.5, 0.6) is 0 Å². The van der Waals surface area contributed by atoms with Gasteiger partial charge in [-0.05, 0) is 26.3 Å². The van der Waals surface area contributed by atoms with Crippen LogP contribution in [0.15, 0.2) is 30.3 Å². The van der Waals surface area contributed by atoms with E-state index in [1.165, 1.54) is 17.3 Å². The van der Waals surface area contributed by atoms with Crippen molar-refractivity contribution in [1.82, 2.24) is 5.32 Å². The van der Waals surface area contributed by atoms with Crippen molar-refractivity contribution < 1.29 is 4.79 Å². The van der Waals surface area contributed by atoms with Crippen molar-refractivity contribution in [1.29, 1.82) is 5.41 Å². The predicted molar refractivity (Wildman–Crippen MR) is 88.3 cm³/mol. The Balaban J connectivity index is 0.00000324. The fraction of sp³-hybridized carbons (Fsp3) is 0.429. The van der Waals surface area contributed by atoms with E-state index in [9.17, 15) is 4.79 Å². The van der Waals surface area contributed by atoms with Crippen molar-refractivity contribution in [3.05, 3.63) is 35.9 Å². The summed E-state index contributed by atoms with van der Waals surface area (Å²) < 4.78 is 0. The van der Waals surface area contributed by atoms with E-state index in [4.69, 9.17) is 5.41 Å². The summed E-state index contributed by atoms with van der Waals surface area (Å²) in [6.07, 6.45) is 0.161. The van der Waals surface area contributed by atoms with Gasteiger partial charge in [-0.15, -0.1) is 28.7 Å². The molecule has 0 aliphatic heterocycles. The summed E-state index contributed by atoms with van der Waals surface area (Å²) in [7, 11) is 0. The van der Waals surface area contributed by atoms with E-state index >= 15 is 0 Å². The summed E-state index contributed by atoms with van der Waals surface area (Å²) in [6.45, 7) is 5.81. The summed E-state index contributed by atoms with van der Waals surface area (Å²) in [4.78, 5) is 11.6. The number of carbonyl (C=O) groups excluding carboxylic acids is 1. The first-order chi connectivity index (χ1) is 8.37. The third-order valence-corrected chi connectivity index (χ3v) is 3.06.